The van der Waals surface area contributed by atoms with Crippen molar-refractivity contribution in [2.24, 2.45) is 0 Å². The summed E-state index contributed by atoms with van der Waals surface area (Å²) >= 11 is 5.78. The maximum absolute atomic E-state index is 13.2. The molecule has 100 valence electrons. The van der Waals surface area contributed by atoms with Crippen LogP contribution in [-0.4, -0.2) is 17.0 Å². The number of hydrogen-bond acceptors (Lipinski definition) is 3. The van der Waals surface area contributed by atoms with Gasteiger partial charge in [-0.3, -0.25) is 0 Å². The summed E-state index contributed by atoms with van der Waals surface area (Å²) in [5, 5.41) is 3.17. The highest BCUT2D eigenvalue weighted by atomic mass is 35.5. The summed E-state index contributed by atoms with van der Waals surface area (Å²) < 4.78 is 13.2. The van der Waals surface area contributed by atoms with Crippen LogP contribution in [0.5, 0.6) is 0 Å². The Morgan fingerprint density at radius 1 is 1.21 bits per heavy atom. The van der Waals surface area contributed by atoms with E-state index in [9.17, 15) is 4.39 Å². The Balaban J connectivity index is 2.48. The van der Waals surface area contributed by atoms with Gasteiger partial charge in [-0.15, -0.1) is 0 Å². The quantitative estimate of drug-likeness (QED) is 0.937. The zero-order chi connectivity index (χ0) is 14.0. The fourth-order valence-corrected chi connectivity index (χ4v) is 2.12. The van der Waals surface area contributed by atoms with Crippen molar-refractivity contribution in [3.05, 3.63) is 46.0 Å². The first-order valence-corrected chi connectivity index (χ1v) is 6.35. The van der Waals surface area contributed by atoms with Crippen LogP contribution in [0.25, 0.3) is 11.4 Å². The van der Waals surface area contributed by atoms with Crippen LogP contribution in [0.4, 0.5) is 4.39 Å². The molecule has 5 heteroatoms. The van der Waals surface area contributed by atoms with Crippen molar-refractivity contribution in [2.45, 2.75) is 20.4 Å². The number of halogens is 2. The van der Waals surface area contributed by atoms with Crippen molar-refractivity contribution >= 4 is 11.6 Å². The summed E-state index contributed by atoms with van der Waals surface area (Å²) in [6, 6.07) is 4.50. The zero-order valence-corrected chi connectivity index (χ0v) is 11.8. The van der Waals surface area contributed by atoms with Gasteiger partial charge in [-0.1, -0.05) is 11.6 Å². The second-order valence-electron chi connectivity index (χ2n) is 4.36. The van der Waals surface area contributed by atoms with Gasteiger partial charge in [0, 0.05) is 29.1 Å². The van der Waals surface area contributed by atoms with E-state index in [0.717, 1.165) is 23.5 Å². The van der Waals surface area contributed by atoms with Gasteiger partial charge in [0.05, 0.1) is 5.02 Å². The maximum Gasteiger partial charge on any atom is 0.159 e. The molecule has 1 N–H and O–H groups in total. The fourth-order valence-electron chi connectivity index (χ4n) is 1.94. The van der Waals surface area contributed by atoms with Crippen LogP contribution in [0.1, 0.15) is 17.0 Å². The van der Waals surface area contributed by atoms with Gasteiger partial charge < -0.3 is 5.32 Å². The molecule has 0 amide bonds. The monoisotopic (exact) mass is 279 g/mol. The van der Waals surface area contributed by atoms with Crippen LogP contribution in [0.3, 0.4) is 0 Å². The minimum atomic E-state index is -0.439. The number of aryl methyl sites for hydroxylation is 2. The molecule has 0 aliphatic heterocycles. The van der Waals surface area contributed by atoms with E-state index in [-0.39, 0.29) is 5.02 Å². The molecule has 3 nitrogen and oxygen atoms in total. The van der Waals surface area contributed by atoms with E-state index in [2.05, 4.69) is 15.3 Å². The van der Waals surface area contributed by atoms with Gasteiger partial charge in [-0.2, -0.15) is 0 Å². The number of nitrogens with one attached hydrogen (secondary N) is 1. The van der Waals surface area contributed by atoms with Crippen LogP contribution in [0.15, 0.2) is 18.2 Å². The Labute approximate surface area is 116 Å². The highest BCUT2D eigenvalue weighted by Gasteiger charge is 2.10. The van der Waals surface area contributed by atoms with Crippen molar-refractivity contribution < 1.29 is 4.39 Å². The molecular formula is C14H15ClFN3. The molecule has 19 heavy (non-hydrogen) atoms. The molecule has 1 aromatic carbocycles. The maximum atomic E-state index is 13.2. The smallest absolute Gasteiger partial charge is 0.159 e. The lowest BCUT2D eigenvalue weighted by molar-refractivity contribution is 0.628. The topological polar surface area (TPSA) is 37.8 Å². The van der Waals surface area contributed by atoms with E-state index in [1.54, 1.807) is 12.1 Å². The lowest BCUT2D eigenvalue weighted by atomic mass is 10.1. The molecule has 0 aliphatic carbocycles. The summed E-state index contributed by atoms with van der Waals surface area (Å²) in [7, 11) is 1.88. The zero-order valence-electron chi connectivity index (χ0n) is 11.1. The van der Waals surface area contributed by atoms with E-state index in [4.69, 9.17) is 11.6 Å². The van der Waals surface area contributed by atoms with Crippen LogP contribution in [0.2, 0.25) is 5.02 Å². The molecular weight excluding hydrogens is 265 g/mol. The number of rotatable bonds is 3. The van der Waals surface area contributed by atoms with Gasteiger partial charge in [0.2, 0.25) is 0 Å². The van der Waals surface area contributed by atoms with E-state index in [1.807, 2.05) is 20.9 Å². The summed E-state index contributed by atoms with van der Waals surface area (Å²) in [5.74, 6) is 0.127. The highest BCUT2D eigenvalue weighted by molar-refractivity contribution is 6.31. The molecule has 0 unspecified atom stereocenters. The first-order valence-electron chi connectivity index (χ1n) is 5.97. The molecule has 0 fully saturated rings. The van der Waals surface area contributed by atoms with Crippen LogP contribution < -0.4 is 5.32 Å². The third kappa shape index (κ3) is 2.91. The standard InChI is InChI=1S/C14H15ClFN3/c1-8-11(7-17-3)9(2)19-14(18-8)10-4-5-13(16)12(15)6-10/h4-6,17H,7H2,1-3H3. The van der Waals surface area contributed by atoms with Crippen molar-refractivity contribution in [1.29, 1.82) is 0 Å². The van der Waals surface area contributed by atoms with E-state index in [0.29, 0.717) is 11.4 Å². The molecule has 1 heterocycles. The normalized spacial score (nSPS) is 10.8. The largest absolute Gasteiger partial charge is 0.316 e. The average Bonchev–Trinajstić information content (AvgIpc) is 2.37. The van der Waals surface area contributed by atoms with Crippen molar-refractivity contribution in [2.75, 3.05) is 7.05 Å². The lowest BCUT2D eigenvalue weighted by Crippen LogP contribution is -2.11. The summed E-state index contributed by atoms with van der Waals surface area (Å²) in [6.07, 6.45) is 0. The third-order valence-electron chi connectivity index (χ3n) is 2.95. The minimum absolute atomic E-state index is 0.0794. The van der Waals surface area contributed by atoms with Gasteiger partial charge in [0.15, 0.2) is 5.82 Å². The average molecular weight is 280 g/mol. The molecule has 0 aliphatic rings. The van der Waals surface area contributed by atoms with E-state index < -0.39 is 5.82 Å². The Morgan fingerprint density at radius 3 is 2.37 bits per heavy atom. The second kappa shape index (κ2) is 5.63. The predicted molar refractivity (Wildman–Crippen MR) is 74.7 cm³/mol. The van der Waals surface area contributed by atoms with Crippen molar-refractivity contribution in [3.63, 3.8) is 0 Å². The number of aromatic nitrogens is 2. The van der Waals surface area contributed by atoms with E-state index >= 15 is 0 Å². The Hall–Kier alpha value is -1.52. The van der Waals surface area contributed by atoms with Crippen molar-refractivity contribution in [3.8, 4) is 11.4 Å². The van der Waals surface area contributed by atoms with Gasteiger partial charge in [-0.25, -0.2) is 14.4 Å². The molecule has 2 rings (SSSR count). The summed E-state index contributed by atoms with van der Waals surface area (Å²) in [6.45, 7) is 4.61. The van der Waals surface area contributed by atoms with Crippen LogP contribution in [0, 0.1) is 19.7 Å². The minimum Gasteiger partial charge on any atom is -0.316 e. The molecule has 0 radical (unpaired) electrons. The molecule has 0 atom stereocenters. The SMILES string of the molecule is CNCc1c(C)nc(-c2ccc(F)c(Cl)c2)nc1C. The molecule has 2 aromatic rings. The molecule has 0 spiro atoms. The number of benzene rings is 1. The van der Waals surface area contributed by atoms with Gasteiger partial charge >= 0.3 is 0 Å². The lowest BCUT2D eigenvalue weighted by Gasteiger charge is -2.10. The summed E-state index contributed by atoms with van der Waals surface area (Å²) in [4.78, 5) is 8.92. The number of nitrogens with zero attached hydrogens (tertiary/aromatic N) is 2. The van der Waals surface area contributed by atoms with Crippen molar-refractivity contribution in [1.82, 2.24) is 15.3 Å². The number of hydrogen-bond donors (Lipinski definition) is 1. The molecule has 0 saturated carbocycles. The van der Waals surface area contributed by atoms with Crippen LogP contribution >= 0.6 is 11.6 Å². The second-order valence-corrected chi connectivity index (χ2v) is 4.76. The molecule has 0 bridgehead atoms. The third-order valence-corrected chi connectivity index (χ3v) is 3.24. The molecule has 1 aromatic heterocycles. The van der Waals surface area contributed by atoms with Crippen LogP contribution in [-0.2, 0) is 6.54 Å². The Morgan fingerprint density at radius 2 is 1.84 bits per heavy atom. The Kier molecular flexibility index (Phi) is 4.12. The van der Waals surface area contributed by atoms with Gasteiger partial charge in [0.1, 0.15) is 5.82 Å². The fraction of sp³-hybridized carbons (Fsp3) is 0.286. The van der Waals surface area contributed by atoms with Gasteiger partial charge in [0.25, 0.3) is 0 Å². The first-order chi connectivity index (χ1) is 9.02. The van der Waals surface area contributed by atoms with Gasteiger partial charge in [-0.05, 0) is 39.1 Å². The van der Waals surface area contributed by atoms with E-state index in [1.165, 1.54) is 6.07 Å². The summed E-state index contributed by atoms with van der Waals surface area (Å²) in [5.41, 5.74) is 3.63. The first kappa shape index (κ1) is 13.9. The predicted octanol–water partition coefficient (Wildman–Crippen LogP) is 3.27. The molecule has 0 saturated heterocycles. The Bertz CT molecular complexity index is 591. The highest BCUT2D eigenvalue weighted by Crippen LogP contribution is 2.23.